The quantitative estimate of drug-likeness (QED) is 0.851. The molecule has 2 fully saturated rings. The number of likely N-dealkylation sites (tertiary alicyclic amines) is 2. The van der Waals surface area contributed by atoms with E-state index >= 15 is 0 Å². The summed E-state index contributed by atoms with van der Waals surface area (Å²) >= 11 is 0. The molecule has 1 N–H and O–H groups in total. The summed E-state index contributed by atoms with van der Waals surface area (Å²) in [5.41, 5.74) is 0.974. The van der Waals surface area contributed by atoms with E-state index in [0.29, 0.717) is 32.0 Å². The standard InChI is InChI=1S/C18H24N2O4/c21-13-20-11-16(22)10-17(20)15-6-8-19(9-7-15)18(23)24-12-14-4-2-1-3-5-14/h1-5,13,15-17,22H,6-12H2. The second kappa shape index (κ2) is 7.66. The summed E-state index contributed by atoms with van der Waals surface area (Å²) in [5, 5.41) is 9.77. The molecule has 24 heavy (non-hydrogen) atoms. The lowest BCUT2D eigenvalue weighted by atomic mass is 9.88. The summed E-state index contributed by atoms with van der Waals surface area (Å²) in [6.07, 6.45) is 2.44. The predicted octanol–water partition coefficient (Wildman–Crippen LogP) is 1.63. The monoisotopic (exact) mass is 332 g/mol. The van der Waals surface area contributed by atoms with Crippen molar-refractivity contribution in [3.05, 3.63) is 35.9 Å². The molecule has 0 bridgehead atoms. The highest BCUT2D eigenvalue weighted by atomic mass is 16.6. The zero-order valence-electron chi connectivity index (χ0n) is 13.7. The van der Waals surface area contributed by atoms with E-state index in [4.69, 9.17) is 4.74 Å². The van der Waals surface area contributed by atoms with Crippen molar-refractivity contribution in [1.29, 1.82) is 0 Å². The number of amides is 2. The average Bonchev–Trinajstić information content (AvgIpc) is 3.01. The number of hydrogen-bond donors (Lipinski definition) is 1. The van der Waals surface area contributed by atoms with Crippen LogP contribution < -0.4 is 0 Å². The van der Waals surface area contributed by atoms with E-state index in [1.807, 2.05) is 30.3 Å². The SMILES string of the molecule is O=CN1CC(O)CC1C1CCN(C(=O)OCc2ccccc2)CC1. The highest BCUT2D eigenvalue weighted by molar-refractivity contribution is 5.67. The second-order valence-corrected chi connectivity index (χ2v) is 6.62. The normalized spacial score (nSPS) is 24.9. The summed E-state index contributed by atoms with van der Waals surface area (Å²) < 4.78 is 5.37. The van der Waals surface area contributed by atoms with Crippen LogP contribution in [-0.2, 0) is 16.1 Å². The molecule has 2 amide bonds. The zero-order valence-corrected chi connectivity index (χ0v) is 13.7. The lowest BCUT2D eigenvalue weighted by molar-refractivity contribution is -0.120. The van der Waals surface area contributed by atoms with Gasteiger partial charge in [0, 0.05) is 25.7 Å². The number of benzene rings is 1. The van der Waals surface area contributed by atoms with Crippen molar-refractivity contribution in [2.24, 2.45) is 5.92 Å². The van der Waals surface area contributed by atoms with Gasteiger partial charge in [0.1, 0.15) is 6.61 Å². The van der Waals surface area contributed by atoms with Crippen LogP contribution in [0.2, 0.25) is 0 Å². The third-order valence-electron chi connectivity index (χ3n) is 5.04. The highest BCUT2D eigenvalue weighted by Gasteiger charge is 2.37. The summed E-state index contributed by atoms with van der Waals surface area (Å²) in [6, 6.07) is 9.73. The molecule has 6 heteroatoms. The zero-order chi connectivity index (χ0) is 16.9. The van der Waals surface area contributed by atoms with Crippen molar-refractivity contribution >= 4 is 12.5 Å². The first-order chi connectivity index (χ1) is 11.7. The summed E-state index contributed by atoms with van der Waals surface area (Å²) in [4.78, 5) is 26.7. The van der Waals surface area contributed by atoms with Crippen molar-refractivity contribution in [3.63, 3.8) is 0 Å². The van der Waals surface area contributed by atoms with Gasteiger partial charge in [-0.05, 0) is 30.7 Å². The molecule has 0 spiro atoms. The van der Waals surface area contributed by atoms with E-state index in [1.165, 1.54) is 0 Å². The first kappa shape index (κ1) is 16.8. The minimum Gasteiger partial charge on any atom is -0.445 e. The molecule has 1 aromatic carbocycles. The molecule has 2 aliphatic heterocycles. The van der Waals surface area contributed by atoms with Gasteiger partial charge in [0.2, 0.25) is 6.41 Å². The predicted molar refractivity (Wildman–Crippen MR) is 88.1 cm³/mol. The number of β-amino-alcohol motifs (C(OH)–C–C–N with tert-alkyl or cyclic N) is 1. The number of carbonyl (C=O) groups is 2. The molecule has 0 aliphatic carbocycles. The third-order valence-corrected chi connectivity index (χ3v) is 5.04. The van der Waals surface area contributed by atoms with Crippen molar-refractivity contribution in [2.45, 2.75) is 38.0 Å². The molecule has 130 valence electrons. The average molecular weight is 332 g/mol. The summed E-state index contributed by atoms with van der Waals surface area (Å²) in [6.45, 7) is 1.98. The fourth-order valence-corrected chi connectivity index (χ4v) is 3.73. The molecule has 1 aromatic rings. The number of carbonyl (C=O) groups excluding carboxylic acids is 2. The Labute approximate surface area is 142 Å². The first-order valence-electron chi connectivity index (χ1n) is 8.52. The van der Waals surface area contributed by atoms with E-state index in [1.54, 1.807) is 9.80 Å². The van der Waals surface area contributed by atoms with Gasteiger partial charge in [0.05, 0.1) is 6.10 Å². The van der Waals surface area contributed by atoms with E-state index in [-0.39, 0.29) is 18.7 Å². The lowest BCUT2D eigenvalue weighted by Gasteiger charge is -2.36. The van der Waals surface area contributed by atoms with Crippen LogP contribution in [0.15, 0.2) is 30.3 Å². The Morgan fingerprint density at radius 3 is 2.62 bits per heavy atom. The van der Waals surface area contributed by atoms with Gasteiger partial charge < -0.3 is 19.6 Å². The van der Waals surface area contributed by atoms with Crippen LogP contribution in [-0.4, -0.2) is 59.2 Å². The molecule has 0 radical (unpaired) electrons. The molecule has 2 saturated heterocycles. The number of ether oxygens (including phenoxy) is 1. The largest absolute Gasteiger partial charge is 0.445 e. The fourth-order valence-electron chi connectivity index (χ4n) is 3.73. The molecule has 2 unspecified atom stereocenters. The fraction of sp³-hybridized carbons (Fsp3) is 0.556. The van der Waals surface area contributed by atoms with Gasteiger partial charge in [-0.1, -0.05) is 30.3 Å². The van der Waals surface area contributed by atoms with Crippen LogP contribution in [0.25, 0.3) is 0 Å². The topological polar surface area (TPSA) is 70.1 Å². The Morgan fingerprint density at radius 1 is 1.25 bits per heavy atom. The number of aliphatic hydroxyl groups excluding tert-OH is 1. The Hall–Kier alpha value is -2.08. The molecule has 6 nitrogen and oxygen atoms in total. The van der Waals surface area contributed by atoms with Crippen LogP contribution in [0.1, 0.15) is 24.8 Å². The van der Waals surface area contributed by atoms with Gasteiger partial charge in [-0.15, -0.1) is 0 Å². The molecule has 2 aliphatic rings. The maximum Gasteiger partial charge on any atom is 0.410 e. The van der Waals surface area contributed by atoms with Crippen LogP contribution in [0, 0.1) is 5.92 Å². The van der Waals surface area contributed by atoms with E-state index in [9.17, 15) is 14.7 Å². The number of rotatable bonds is 4. The lowest BCUT2D eigenvalue weighted by Crippen LogP contribution is -2.44. The maximum atomic E-state index is 12.2. The van der Waals surface area contributed by atoms with Crippen LogP contribution in [0.4, 0.5) is 4.79 Å². The van der Waals surface area contributed by atoms with Gasteiger partial charge in [0.15, 0.2) is 0 Å². The van der Waals surface area contributed by atoms with E-state index in [2.05, 4.69) is 0 Å². The van der Waals surface area contributed by atoms with Crippen molar-refractivity contribution < 1.29 is 19.4 Å². The van der Waals surface area contributed by atoms with Crippen molar-refractivity contribution in [3.8, 4) is 0 Å². The number of piperidine rings is 1. The van der Waals surface area contributed by atoms with Crippen molar-refractivity contribution in [2.75, 3.05) is 19.6 Å². The third kappa shape index (κ3) is 3.87. The molecular formula is C18H24N2O4. The molecule has 2 atom stereocenters. The Kier molecular flexibility index (Phi) is 5.35. The minimum absolute atomic E-state index is 0.0972. The van der Waals surface area contributed by atoms with E-state index < -0.39 is 6.10 Å². The molecule has 0 saturated carbocycles. The van der Waals surface area contributed by atoms with Gasteiger partial charge in [-0.2, -0.15) is 0 Å². The molecule has 0 aromatic heterocycles. The number of aliphatic hydroxyl groups is 1. The van der Waals surface area contributed by atoms with Gasteiger partial charge in [0.25, 0.3) is 0 Å². The molecule has 3 rings (SSSR count). The smallest absolute Gasteiger partial charge is 0.410 e. The molecular weight excluding hydrogens is 308 g/mol. The van der Waals surface area contributed by atoms with Crippen LogP contribution in [0.3, 0.4) is 0 Å². The number of nitrogens with zero attached hydrogens (tertiary/aromatic N) is 2. The highest BCUT2D eigenvalue weighted by Crippen LogP contribution is 2.30. The Bertz CT molecular complexity index is 557. The second-order valence-electron chi connectivity index (χ2n) is 6.62. The number of hydrogen-bond acceptors (Lipinski definition) is 4. The maximum absolute atomic E-state index is 12.2. The van der Waals surface area contributed by atoms with E-state index in [0.717, 1.165) is 24.8 Å². The summed E-state index contributed by atoms with van der Waals surface area (Å²) in [5.74, 6) is 0.338. The Balaban J connectivity index is 1.46. The van der Waals surface area contributed by atoms with Gasteiger partial charge >= 0.3 is 6.09 Å². The minimum atomic E-state index is -0.422. The summed E-state index contributed by atoms with van der Waals surface area (Å²) in [7, 11) is 0. The van der Waals surface area contributed by atoms with Gasteiger partial charge in [-0.25, -0.2) is 4.79 Å². The Morgan fingerprint density at radius 2 is 1.96 bits per heavy atom. The molecule has 2 heterocycles. The van der Waals surface area contributed by atoms with Crippen LogP contribution >= 0.6 is 0 Å². The van der Waals surface area contributed by atoms with Crippen LogP contribution in [0.5, 0.6) is 0 Å². The van der Waals surface area contributed by atoms with Crippen molar-refractivity contribution in [1.82, 2.24) is 9.80 Å². The van der Waals surface area contributed by atoms with Gasteiger partial charge in [-0.3, -0.25) is 4.79 Å². The first-order valence-corrected chi connectivity index (χ1v) is 8.52.